The van der Waals surface area contributed by atoms with Gasteiger partial charge in [-0.3, -0.25) is 0 Å². The molecule has 0 radical (unpaired) electrons. The van der Waals surface area contributed by atoms with Crippen molar-refractivity contribution in [1.29, 1.82) is 0 Å². The molecule has 0 saturated carbocycles. The first kappa shape index (κ1) is 11.5. The van der Waals surface area contributed by atoms with Gasteiger partial charge >= 0.3 is 6.55 Å². The fourth-order valence-electron chi connectivity index (χ4n) is 1.38. The summed E-state index contributed by atoms with van der Waals surface area (Å²) in [5, 5.41) is 6.44. The van der Waals surface area contributed by atoms with E-state index in [0.717, 1.165) is 5.56 Å². The van der Waals surface area contributed by atoms with Gasteiger partial charge < -0.3 is 5.32 Å². The van der Waals surface area contributed by atoms with Crippen LogP contribution in [-0.2, 0) is 6.54 Å². The van der Waals surface area contributed by atoms with Gasteiger partial charge in [0.05, 0.1) is 0 Å². The Morgan fingerprint density at radius 3 is 2.76 bits per heavy atom. The average Bonchev–Trinajstić information content (AvgIpc) is 2.75. The zero-order chi connectivity index (χ0) is 12.3. The van der Waals surface area contributed by atoms with Crippen LogP contribution >= 0.6 is 0 Å². The van der Waals surface area contributed by atoms with Gasteiger partial charge in [0.15, 0.2) is 0 Å². The van der Waals surface area contributed by atoms with Crippen LogP contribution in [0, 0.1) is 5.82 Å². The number of rotatable bonds is 4. The normalized spacial score (nSPS) is 10.8. The molecule has 0 atom stereocenters. The predicted molar refractivity (Wildman–Crippen MR) is 57.2 cm³/mol. The Morgan fingerprint density at radius 1 is 1.29 bits per heavy atom. The number of anilines is 1. The lowest BCUT2D eigenvalue weighted by atomic mass is 10.2. The third-order valence-electron chi connectivity index (χ3n) is 2.17. The van der Waals surface area contributed by atoms with Crippen LogP contribution in [0.4, 0.5) is 19.0 Å². The highest BCUT2D eigenvalue weighted by Gasteiger charge is 2.06. The lowest BCUT2D eigenvalue weighted by Crippen LogP contribution is -2.03. The summed E-state index contributed by atoms with van der Waals surface area (Å²) in [6, 6.07) is 7.47. The molecule has 2 rings (SSSR count). The predicted octanol–water partition coefficient (Wildman–Crippen LogP) is 3.03. The van der Waals surface area contributed by atoms with E-state index in [4.69, 9.17) is 0 Å². The molecule has 0 aliphatic heterocycles. The molecule has 0 spiro atoms. The van der Waals surface area contributed by atoms with Gasteiger partial charge in [-0.15, -0.1) is 0 Å². The monoisotopic (exact) mass is 241 g/mol. The number of benzene rings is 1. The highest BCUT2D eigenvalue weighted by Crippen LogP contribution is 2.12. The number of nitrogens with one attached hydrogen (secondary N) is 1. The molecule has 6 heteroatoms. The van der Waals surface area contributed by atoms with E-state index in [2.05, 4.69) is 10.4 Å². The van der Waals surface area contributed by atoms with Gasteiger partial charge in [0.2, 0.25) is 0 Å². The van der Waals surface area contributed by atoms with E-state index in [-0.39, 0.29) is 5.82 Å². The molecule has 1 aromatic carbocycles. The minimum Gasteiger partial charge on any atom is -0.365 e. The summed E-state index contributed by atoms with van der Waals surface area (Å²) in [4.78, 5) is 0. The highest BCUT2D eigenvalue weighted by atomic mass is 19.3. The maximum atomic E-state index is 12.9. The van der Waals surface area contributed by atoms with Crippen molar-refractivity contribution in [2.45, 2.75) is 13.1 Å². The summed E-state index contributed by atoms with van der Waals surface area (Å²) >= 11 is 0. The fraction of sp³-hybridized carbons (Fsp3) is 0.182. The van der Waals surface area contributed by atoms with Crippen molar-refractivity contribution in [3.8, 4) is 0 Å². The summed E-state index contributed by atoms with van der Waals surface area (Å²) in [6.07, 6.45) is 1.18. The standard InChI is InChI=1S/C11H10F3N3/c12-9-3-1-2-8(6-9)7-15-10-4-5-17(16-10)11(13)14/h1-6,11H,7H2,(H,15,16). The Labute approximate surface area is 95.9 Å². The molecular weight excluding hydrogens is 231 g/mol. The van der Waals surface area contributed by atoms with E-state index in [1.165, 1.54) is 24.4 Å². The van der Waals surface area contributed by atoms with Gasteiger partial charge in [-0.2, -0.15) is 13.9 Å². The molecule has 1 heterocycles. The average molecular weight is 241 g/mol. The zero-order valence-electron chi connectivity index (χ0n) is 8.78. The van der Waals surface area contributed by atoms with Crippen LogP contribution in [0.15, 0.2) is 36.5 Å². The summed E-state index contributed by atoms with van der Waals surface area (Å²) in [6.45, 7) is -2.32. The molecule has 0 amide bonds. The minimum atomic E-state index is -2.65. The van der Waals surface area contributed by atoms with Crippen LogP contribution in [0.1, 0.15) is 12.1 Å². The molecule has 90 valence electrons. The number of nitrogens with zero attached hydrogens (tertiary/aromatic N) is 2. The van der Waals surface area contributed by atoms with Gasteiger partial charge in [0.25, 0.3) is 0 Å². The van der Waals surface area contributed by atoms with Crippen LogP contribution in [0.2, 0.25) is 0 Å². The van der Waals surface area contributed by atoms with E-state index in [9.17, 15) is 13.2 Å². The van der Waals surface area contributed by atoms with Gasteiger partial charge in [-0.1, -0.05) is 12.1 Å². The molecule has 0 unspecified atom stereocenters. The molecule has 17 heavy (non-hydrogen) atoms. The zero-order valence-corrected chi connectivity index (χ0v) is 8.78. The molecule has 0 fully saturated rings. The lowest BCUT2D eigenvalue weighted by Gasteiger charge is -2.03. The third kappa shape index (κ3) is 2.99. The molecule has 3 nitrogen and oxygen atoms in total. The molecule has 0 aliphatic carbocycles. The van der Waals surface area contributed by atoms with Gasteiger partial charge in [-0.25, -0.2) is 9.07 Å². The second-order valence-electron chi connectivity index (χ2n) is 3.44. The Hall–Kier alpha value is -1.98. The summed E-state index contributed by atoms with van der Waals surface area (Å²) in [5.74, 6) is -0.00280. The molecule has 2 aromatic rings. The fourth-order valence-corrected chi connectivity index (χ4v) is 1.38. The van der Waals surface area contributed by atoms with Crippen molar-refractivity contribution in [1.82, 2.24) is 9.78 Å². The number of halogens is 3. The van der Waals surface area contributed by atoms with Crippen LogP contribution in [0.5, 0.6) is 0 Å². The Balaban J connectivity index is 1.97. The number of hydrogen-bond acceptors (Lipinski definition) is 2. The molecule has 0 aliphatic rings. The Morgan fingerprint density at radius 2 is 2.12 bits per heavy atom. The summed E-state index contributed by atoms with van der Waals surface area (Å²) in [5.41, 5.74) is 0.719. The molecular formula is C11H10F3N3. The first-order valence-corrected chi connectivity index (χ1v) is 4.97. The smallest absolute Gasteiger partial charge is 0.333 e. The molecule has 0 bridgehead atoms. The van der Waals surface area contributed by atoms with Crippen molar-refractivity contribution in [2.24, 2.45) is 0 Å². The third-order valence-corrected chi connectivity index (χ3v) is 2.17. The maximum absolute atomic E-state index is 12.9. The molecule has 1 N–H and O–H groups in total. The van der Waals surface area contributed by atoms with Crippen LogP contribution in [-0.4, -0.2) is 9.78 Å². The van der Waals surface area contributed by atoms with E-state index < -0.39 is 6.55 Å². The van der Waals surface area contributed by atoms with Crippen molar-refractivity contribution < 1.29 is 13.2 Å². The second-order valence-corrected chi connectivity index (χ2v) is 3.44. The first-order valence-electron chi connectivity index (χ1n) is 4.97. The van der Waals surface area contributed by atoms with Gasteiger partial charge in [0.1, 0.15) is 11.6 Å². The molecule has 0 saturated heterocycles. The summed E-state index contributed by atoms with van der Waals surface area (Å²) in [7, 11) is 0. The van der Waals surface area contributed by atoms with Crippen molar-refractivity contribution in [2.75, 3.05) is 5.32 Å². The number of hydrogen-bond donors (Lipinski definition) is 1. The number of alkyl halides is 2. The van der Waals surface area contributed by atoms with Crippen molar-refractivity contribution >= 4 is 5.82 Å². The van der Waals surface area contributed by atoms with Crippen LogP contribution in [0.3, 0.4) is 0 Å². The Kier molecular flexibility index (Phi) is 3.32. The SMILES string of the molecule is Fc1cccc(CNc2ccn(C(F)F)n2)c1. The largest absolute Gasteiger partial charge is 0.365 e. The topological polar surface area (TPSA) is 29.9 Å². The quantitative estimate of drug-likeness (QED) is 0.891. The minimum absolute atomic E-state index is 0.328. The number of aromatic nitrogens is 2. The van der Waals surface area contributed by atoms with Crippen molar-refractivity contribution in [3.63, 3.8) is 0 Å². The lowest BCUT2D eigenvalue weighted by molar-refractivity contribution is 0.0569. The van der Waals surface area contributed by atoms with Gasteiger partial charge in [-0.05, 0) is 17.7 Å². The Bertz CT molecular complexity index is 496. The van der Waals surface area contributed by atoms with Crippen LogP contribution in [0.25, 0.3) is 0 Å². The summed E-state index contributed by atoms with van der Waals surface area (Å²) < 4.78 is 37.8. The second kappa shape index (κ2) is 4.90. The van der Waals surface area contributed by atoms with E-state index in [1.54, 1.807) is 12.1 Å². The van der Waals surface area contributed by atoms with Crippen LogP contribution < -0.4 is 5.32 Å². The van der Waals surface area contributed by atoms with Crippen molar-refractivity contribution in [3.05, 3.63) is 47.9 Å². The highest BCUT2D eigenvalue weighted by molar-refractivity contribution is 5.34. The van der Waals surface area contributed by atoms with Gasteiger partial charge in [0, 0.05) is 18.8 Å². The maximum Gasteiger partial charge on any atom is 0.333 e. The van der Waals surface area contributed by atoms with E-state index >= 15 is 0 Å². The molecule has 1 aromatic heterocycles. The first-order chi connectivity index (χ1) is 8.15. The van der Waals surface area contributed by atoms with E-state index in [0.29, 0.717) is 17.0 Å². The van der Waals surface area contributed by atoms with E-state index in [1.807, 2.05) is 0 Å².